The van der Waals surface area contributed by atoms with E-state index in [0.29, 0.717) is 11.8 Å². The van der Waals surface area contributed by atoms with Crippen molar-refractivity contribution in [3.63, 3.8) is 0 Å². The molecule has 0 aromatic heterocycles. The van der Waals surface area contributed by atoms with Gasteiger partial charge >= 0.3 is 0 Å². The molecule has 0 saturated carbocycles. The Bertz CT molecular complexity index is 519. The van der Waals surface area contributed by atoms with Crippen LogP contribution in [0.2, 0.25) is 0 Å². The lowest BCUT2D eigenvalue weighted by atomic mass is 9.89. The number of thioether (sulfide) groups is 1. The minimum absolute atomic E-state index is 0.0749. The number of rotatable bonds is 4. The molecule has 3 nitrogen and oxygen atoms in total. The number of hydrogen-bond acceptors (Lipinski definition) is 4. The molecule has 2 heterocycles. The highest BCUT2D eigenvalue weighted by atomic mass is 32.2. The second kappa shape index (κ2) is 6.77. The van der Waals surface area contributed by atoms with Crippen LogP contribution < -0.4 is 10.1 Å². The van der Waals surface area contributed by atoms with Gasteiger partial charge < -0.3 is 14.8 Å². The van der Waals surface area contributed by atoms with Crippen molar-refractivity contribution in [1.29, 1.82) is 0 Å². The van der Waals surface area contributed by atoms with Gasteiger partial charge in [0.2, 0.25) is 0 Å². The maximum Gasteiger partial charge on any atom is 0.165 e. The molecule has 3 atom stereocenters. The molecule has 2 aliphatic rings. The van der Waals surface area contributed by atoms with E-state index in [0.717, 1.165) is 37.2 Å². The number of nitrogens with one attached hydrogen (secondary N) is 1. The van der Waals surface area contributed by atoms with Crippen molar-refractivity contribution in [3.05, 3.63) is 29.6 Å². The van der Waals surface area contributed by atoms with Gasteiger partial charge in [-0.05, 0) is 49.6 Å². The minimum atomic E-state index is -0.302. The monoisotopic (exact) mass is 325 g/mol. The van der Waals surface area contributed by atoms with Crippen molar-refractivity contribution in [2.75, 3.05) is 25.2 Å². The van der Waals surface area contributed by atoms with Crippen molar-refractivity contribution < 1.29 is 13.9 Å². The summed E-state index contributed by atoms with van der Waals surface area (Å²) < 4.78 is 24.9. The van der Waals surface area contributed by atoms with Crippen LogP contribution in [0.4, 0.5) is 4.39 Å². The predicted molar refractivity (Wildman–Crippen MR) is 88.1 cm³/mol. The Morgan fingerprint density at radius 2 is 2.36 bits per heavy atom. The van der Waals surface area contributed by atoms with Crippen LogP contribution >= 0.6 is 11.8 Å². The van der Waals surface area contributed by atoms with Crippen LogP contribution in [0.15, 0.2) is 18.2 Å². The van der Waals surface area contributed by atoms with Crippen molar-refractivity contribution >= 4 is 11.8 Å². The molecule has 122 valence electrons. The molecule has 1 N–H and O–H groups in total. The third kappa shape index (κ3) is 3.42. The Balaban J connectivity index is 1.63. The molecule has 2 saturated heterocycles. The van der Waals surface area contributed by atoms with Crippen LogP contribution in [0.25, 0.3) is 0 Å². The van der Waals surface area contributed by atoms with Gasteiger partial charge in [0.15, 0.2) is 11.6 Å². The van der Waals surface area contributed by atoms with Gasteiger partial charge in [-0.1, -0.05) is 6.07 Å². The maximum absolute atomic E-state index is 13.9. The lowest BCUT2D eigenvalue weighted by Gasteiger charge is -2.39. The van der Waals surface area contributed by atoms with Crippen LogP contribution in [0, 0.1) is 5.82 Å². The minimum Gasteiger partial charge on any atom is -0.494 e. The molecule has 0 bridgehead atoms. The quantitative estimate of drug-likeness (QED) is 0.917. The highest BCUT2D eigenvalue weighted by Gasteiger charge is 2.40. The van der Waals surface area contributed by atoms with Crippen LogP contribution in [0.3, 0.4) is 0 Å². The van der Waals surface area contributed by atoms with Gasteiger partial charge in [0.05, 0.1) is 12.7 Å². The highest BCUT2D eigenvalue weighted by molar-refractivity contribution is 7.99. The van der Waals surface area contributed by atoms with Crippen molar-refractivity contribution in [2.45, 2.75) is 43.9 Å². The molecular weight excluding hydrogens is 301 g/mol. The molecule has 1 aromatic carbocycles. The van der Waals surface area contributed by atoms with E-state index in [1.54, 1.807) is 12.1 Å². The van der Waals surface area contributed by atoms with Crippen molar-refractivity contribution in [1.82, 2.24) is 5.32 Å². The first kappa shape index (κ1) is 16.1. The summed E-state index contributed by atoms with van der Waals surface area (Å²) in [5.41, 5.74) is 1.03. The predicted octanol–water partition coefficient (Wildman–Crippen LogP) is 3.54. The Hall–Kier alpha value is -0.780. The lowest BCUT2D eigenvalue weighted by Crippen LogP contribution is -2.47. The molecule has 5 heteroatoms. The summed E-state index contributed by atoms with van der Waals surface area (Å²) in [5.74, 6) is 2.30. The lowest BCUT2D eigenvalue weighted by molar-refractivity contribution is -0.0711. The first-order chi connectivity index (χ1) is 10.6. The van der Waals surface area contributed by atoms with E-state index in [1.807, 2.05) is 17.8 Å². The summed E-state index contributed by atoms with van der Waals surface area (Å²) in [6.07, 6.45) is 3.24. The second-order valence-corrected chi connectivity index (χ2v) is 7.41. The standard InChI is InChI=1S/C17H24FNO2S/c1-12(13-3-4-16(20-2)15(18)9-13)19-14-5-7-21-17(10-14)6-8-22-11-17/h3-4,9,12,14,19H,5-8,10-11H2,1-2H3/t12-,14+,17+/m0/s1. The summed E-state index contributed by atoms with van der Waals surface area (Å²) in [6, 6.07) is 5.75. The summed E-state index contributed by atoms with van der Waals surface area (Å²) >= 11 is 1.99. The molecule has 0 radical (unpaired) electrons. The van der Waals surface area contributed by atoms with Gasteiger partial charge in [-0.25, -0.2) is 4.39 Å². The molecule has 0 aliphatic carbocycles. The van der Waals surface area contributed by atoms with Crippen LogP contribution in [-0.2, 0) is 4.74 Å². The van der Waals surface area contributed by atoms with E-state index in [4.69, 9.17) is 9.47 Å². The van der Waals surface area contributed by atoms with E-state index in [2.05, 4.69) is 12.2 Å². The van der Waals surface area contributed by atoms with Gasteiger partial charge in [0.1, 0.15) is 0 Å². The smallest absolute Gasteiger partial charge is 0.165 e. The zero-order valence-corrected chi connectivity index (χ0v) is 14.0. The van der Waals surface area contributed by atoms with E-state index >= 15 is 0 Å². The fourth-order valence-corrected chi connectivity index (χ4v) is 4.81. The molecule has 0 unspecified atom stereocenters. The Kier molecular flexibility index (Phi) is 4.95. The van der Waals surface area contributed by atoms with Gasteiger partial charge in [-0.2, -0.15) is 11.8 Å². The van der Waals surface area contributed by atoms with Gasteiger partial charge in [0, 0.05) is 24.4 Å². The maximum atomic E-state index is 13.9. The zero-order chi connectivity index (χ0) is 15.6. The Labute approximate surface area is 135 Å². The number of halogens is 1. The fourth-order valence-electron chi connectivity index (χ4n) is 3.44. The number of ether oxygens (including phenoxy) is 2. The molecule has 0 amide bonds. The third-order valence-corrected chi connectivity index (χ3v) is 5.94. The van der Waals surface area contributed by atoms with Gasteiger partial charge in [-0.3, -0.25) is 0 Å². The summed E-state index contributed by atoms with van der Waals surface area (Å²) in [4.78, 5) is 0. The van der Waals surface area contributed by atoms with Crippen LogP contribution in [0.5, 0.6) is 5.75 Å². The van der Waals surface area contributed by atoms with E-state index in [-0.39, 0.29) is 17.5 Å². The van der Waals surface area contributed by atoms with Crippen LogP contribution in [-0.4, -0.2) is 36.9 Å². The molecule has 22 heavy (non-hydrogen) atoms. The Morgan fingerprint density at radius 1 is 1.50 bits per heavy atom. The average molecular weight is 325 g/mol. The molecule has 2 fully saturated rings. The fraction of sp³-hybridized carbons (Fsp3) is 0.647. The topological polar surface area (TPSA) is 30.5 Å². The summed E-state index contributed by atoms with van der Waals surface area (Å²) in [5, 5.41) is 3.65. The van der Waals surface area contributed by atoms with Gasteiger partial charge in [0.25, 0.3) is 0 Å². The molecular formula is C17H24FNO2S. The van der Waals surface area contributed by atoms with E-state index in [1.165, 1.54) is 12.9 Å². The summed E-state index contributed by atoms with van der Waals surface area (Å²) in [6.45, 7) is 2.91. The molecule has 2 aliphatic heterocycles. The van der Waals surface area contributed by atoms with Crippen molar-refractivity contribution in [2.24, 2.45) is 0 Å². The average Bonchev–Trinajstić information content (AvgIpc) is 2.95. The first-order valence-corrected chi connectivity index (χ1v) is 9.08. The Morgan fingerprint density at radius 3 is 3.05 bits per heavy atom. The SMILES string of the molecule is COc1ccc([C@H](C)N[C@@H]2CCO[C@]3(CCSC3)C2)cc1F. The normalized spacial score (nSPS) is 29.7. The van der Waals surface area contributed by atoms with Crippen molar-refractivity contribution in [3.8, 4) is 5.75 Å². The molecule has 1 spiro atoms. The molecule has 1 aromatic rings. The number of hydrogen-bond donors (Lipinski definition) is 1. The van der Waals surface area contributed by atoms with Gasteiger partial charge in [-0.15, -0.1) is 0 Å². The summed E-state index contributed by atoms with van der Waals surface area (Å²) in [7, 11) is 1.49. The third-order valence-electron chi connectivity index (χ3n) is 4.72. The number of benzene rings is 1. The first-order valence-electron chi connectivity index (χ1n) is 7.93. The second-order valence-electron chi connectivity index (χ2n) is 6.31. The van der Waals surface area contributed by atoms with Crippen LogP contribution in [0.1, 0.15) is 37.8 Å². The largest absolute Gasteiger partial charge is 0.494 e. The molecule has 3 rings (SSSR count). The number of methoxy groups -OCH3 is 1. The highest BCUT2D eigenvalue weighted by Crippen LogP contribution is 2.38. The zero-order valence-electron chi connectivity index (χ0n) is 13.2. The van der Waals surface area contributed by atoms with E-state index < -0.39 is 0 Å². The van der Waals surface area contributed by atoms with E-state index in [9.17, 15) is 4.39 Å².